The number of halogens is 4. The summed E-state index contributed by atoms with van der Waals surface area (Å²) >= 11 is 15.1. The lowest BCUT2D eigenvalue weighted by molar-refractivity contribution is 0.556. The highest BCUT2D eigenvalue weighted by molar-refractivity contribution is 8.12. The third kappa shape index (κ3) is 9.26. The van der Waals surface area contributed by atoms with Crippen molar-refractivity contribution in [1.29, 1.82) is 0 Å². The molecule has 1 unspecified atom stereocenters. The highest BCUT2D eigenvalue weighted by Crippen LogP contribution is 2.69. The lowest BCUT2D eigenvalue weighted by Gasteiger charge is -1.97. The van der Waals surface area contributed by atoms with Crippen LogP contribution in [0, 0.1) is 0 Å². The second-order valence-corrected chi connectivity index (χ2v) is 10.1. The predicted octanol–water partition coefficient (Wildman–Crippen LogP) is 4.44. The first-order valence-corrected chi connectivity index (χ1v) is 8.16. The van der Waals surface area contributed by atoms with E-state index in [0.717, 1.165) is 0 Å². The topological polar surface area (TPSA) is 29.4 Å². The Hall–Kier alpha value is 1.26. The van der Waals surface area contributed by atoms with E-state index in [1.165, 1.54) is 6.66 Å². The second-order valence-electron chi connectivity index (χ2n) is 1.28. The predicted molar refractivity (Wildman–Crippen MR) is 41.5 cm³/mol. The van der Waals surface area contributed by atoms with E-state index in [1.54, 1.807) is 0 Å². The number of nitrogens with zero attached hydrogens (tertiary/aromatic N) is 1. The highest BCUT2D eigenvalue weighted by atomic mass is 35.9. The van der Waals surface area contributed by atoms with Gasteiger partial charge in [0, 0.05) is 11.2 Å². The molecule has 0 N–H and O–H groups in total. The first kappa shape index (κ1) is 10.3. The van der Waals surface area contributed by atoms with Crippen molar-refractivity contribution < 1.29 is 8.76 Å². The van der Waals surface area contributed by atoms with Gasteiger partial charge in [-0.25, -0.2) is 4.57 Å². The van der Waals surface area contributed by atoms with Crippen LogP contribution in [0.3, 0.4) is 0 Å². The summed E-state index contributed by atoms with van der Waals surface area (Å²) in [5.74, 6) is -2.74. The van der Waals surface area contributed by atoms with Crippen LogP contribution >= 0.6 is 46.4 Å². The second kappa shape index (κ2) is 3.11. The summed E-state index contributed by atoms with van der Waals surface area (Å²) in [4.78, 5) is 0. The quantitative estimate of drug-likeness (QED) is 0.614. The average molecular weight is 232 g/mol. The van der Waals surface area contributed by atoms with E-state index in [9.17, 15) is 8.76 Å². The molecular weight excluding hydrogens is 229 g/mol. The van der Waals surface area contributed by atoms with Crippen LogP contribution in [0.5, 0.6) is 0 Å². The fourth-order valence-corrected chi connectivity index (χ4v) is 5.05. The lowest BCUT2D eigenvalue weighted by atomic mass is 12.0. The molecule has 8 heteroatoms. The highest BCUT2D eigenvalue weighted by Gasteiger charge is 2.17. The molecule has 0 amide bonds. The molecule has 9 heavy (non-hydrogen) atoms. The summed E-state index contributed by atoms with van der Waals surface area (Å²) in [6.45, 7) is -3.14. The van der Waals surface area contributed by atoms with Gasteiger partial charge in [-0.15, -0.1) is 4.20 Å². The minimum absolute atomic E-state index is 1.27. The molecular formula is CH3Cl3FNOP2. The third-order valence-electron chi connectivity index (χ3n) is 0.261. The van der Waals surface area contributed by atoms with Crippen molar-refractivity contribution in [3.8, 4) is 0 Å². The maximum absolute atomic E-state index is 11.9. The molecule has 56 valence electrons. The smallest absolute Gasteiger partial charge is 0.242 e. The molecule has 0 aliphatic carbocycles. The molecule has 0 aromatic carbocycles. The summed E-state index contributed by atoms with van der Waals surface area (Å²) < 4.78 is 24.8. The van der Waals surface area contributed by atoms with Gasteiger partial charge in [-0.1, -0.05) is 22.5 Å². The summed E-state index contributed by atoms with van der Waals surface area (Å²) in [6, 6.07) is 0. The Morgan fingerprint density at radius 1 is 1.44 bits per heavy atom. The first-order chi connectivity index (χ1) is 3.71. The summed E-state index contributed by atoms with van der Waals surface area (Å²) in [5, 5.41) is 0. The molecule has 0 rings (SSSR count). The van der Waals surface area contributed by atoms with Crippen LogP contribution in [0.4, 0.5) is 4.20 Å². The molecule has 0 saturated heterocycles. The third-order valence-corrected chi connectivity index (χ3v) is 4.18. The Labute approximate surface area is 66.6 Å². The molecule has 1 atom stereocenters. The standard InChI is InChI=1S/CH3Cl3FNOP2/c1-8(2,3)6-9(4,5)7/h1H3. The Morgan fingerprint density at radius 3 is 1.78 bits per heavy atom. The van der Waals surface area contributed by atoms with Crippen molar-refractivity contribution in [1.82, 2.24) is 0 Å². The maximum atomic E-state index is 11.9. The van der Waals surface area contributed by atoms with Crippen LogP contribution < -0.4 is 0 Å². The first-order valence-electron chi connectivity index (χ1n) is 1.71. The number of hydrogen-bond donors (Lipinski definition) is 0. The molecule has 0 radical (unpaired) electrons. The Bertz CT molecular complexity index is 184. The maximum Gasteiger partial charge on any atom is 0.443 e. The van der Waals surface area contributed by atoms with Crippen LogP contribution in [0.1, 0.15) is 0 Å². The van der Waals surface area contributed by atoms with Crippen LogP contribution in [-0.4, -0.2) is 6.66 Å². The summed E-state index contributed by atoms with van der Waals surface area (Å²) in [6.07, 6.45) is 0. The van der Waals surface area contributed by atoms with Crippen LogP contribution in [0.25, 0.3) is 0 Å². The molecule has 0 aromatic heterocycles. The largest absolute Gasteiger partial charge is 0.443 e. The van der Waals surface area contributed by atoms with Crippen LogP contribution in [0.2, 0.25) is 0 Å². The van der Waals surface area contributed by atoms with Crippen molar-refractivity contribution >= 4 is 46.4 Å². The molecule has 0 spiro atoms. The van der Waals surface area contributed by atoms with Crippen molar-refractivity contribution in [2.75, 3.05) is 6.66 Å². The molecule has 2 nitrogen and oxygen atoms in total. The Morgan fingerprint density at radius 2 is 1.78 bits per heavy atom. The lowest BCUT2D eigenvalue weighted by Crippen LogP contribution is -1.50. The van der Waals surface area contributed by atoms with Crippen molar-refractivity contribution in [2.24, 2.45) is 4.52 Å². The van der Waals surface area contributed by atoms with E-state index in [2.05, 4.69) is 15.8 Å². The number of rotatable bonds is 1. The van der Waals surface area contributed by atoms with Gasteiger partial charge in [0.15, 0.2) is 0 Å². The number of hydrogen-bond acceptors (Lipinski definition) is 1. The normalized spacial score (nSPS) is 18.8. The monoisotopic (exact) mass is 231 g/mol. The molecule has 0 aliphatic rings. The molecule has 0 fully saturated rings. The Balaban J connectivity index is 4.53. The summed E-state index contributed by atoms with van der Waals surface area (Å²) in [5.41, 5.74) is 0. The minimum atomic E-state index is -4.40. The van der Waals surface area contributed by atoms with Gasteiger partial charge in [-0.2, -0.15) is 4.52 Å². The van der Waals surface area contributed by atoms with Crippen molar-refractivity contribution in [2.45, 2.75) is 0 Å². The van der Waals surface area contributed by atoms with Gasteiger partial charge in [0.2, 0.25) is 0 Å². The fourth-order valence-electron chi connectivity index (χ4n) is 0.183. The van der Waals surface area contributed by atoms with Gasteiger partial charge in [0.05, 0.1) is 0 Å². The average Bonchev–Trinajstić information content (AvgIpc) is 1.14. The fraction of sp³-hybridized carbons (Fsp3) is 1.00. The van der Waals surface area contributed by atoms with Gasteiger partial charge >= 0.3 is 6.96 Å². The van der Waals surface area contributed by atoms with E-state index in [1.807, 2.05) is 0 Å². The van der Waals surface area contributed by atoms with Crippen molar-refractivity contribution in [3.05, 3.63) is 0 Å². The minimum Gasteiger partial charge on any atom is -0.242 e. The van der Waals surface area contributed by atoms with Gasteiger partial charge in [-0.3, -0.25) is 0 Å². The van der Waals surface area contributed by atoms with E-state index in [-0.39, 0.29) is 0 Å². The van der Waals surface area contributed by atoms with E-state index >= 15 is 0 Å². The zero-order valence-corrected chi connectivity index (χ0v) is 8.32. The van der Waals surface area contributed by atoms with Gasteiger partial charge in [0.25, 0.3) is 0 Å². The van der Waals surface area contributed by atoms with Crippen molar-refractivity contribution in [3.63, 3.8) is 0 Å². The zero-order valence-electron chi connectivity index (χ0n) is 4.26. The van der Waals surface area contributed by atoms with E-state index in [4.69, 9.17) is 22.5 Å². The Kier molecular flexibility index (Phi) is 3.54. The van der Waals surface area contributed by atoms with Crippen LogP contribution in [0.15, 0.2) is 4.52 Å². The summed E-state index contributed by atoms with van der Waals surface area (Å²) in [7, 11) is 0. The molecule has 0 heterocycles. The zero-order chi connectivity index (χ0) is 7.71. The van der Waals surface area contributed by atoms with Gasteiger partial charge in [-0.05, 0) is 6.66 Å². The molecule has 0 aromatic rings. The van der Waals surface area contributed by atoms with E-state index in [0.29, 0.717) is 0 Å². The molecule has 0 aliphatic heterocycles. The molecule has 0 bridgehead atoms. The SMILES string of the molecule is CP(Cl)(Cl)=NP(=O)(F)Cl. The van der Waals surface area contributed by atoms with Crippen LogP contribution in [-0.2, 0) is 4.57 Å². The van der Waals surface area contributed by atoms with Gasteiger partial charge < -0.3 is 0 Å². The molecule has 0 saturated carbocycles. The van der Waals surface area contributed by atoms with Gasteiger partial charge in [0.1, 0.15) is 5.76 Å². The van der Waals surface area contributed by atoms with E-state index < -0.39 is 12.7 Å².